The minimum absolute atomic E-state index is 0.248. The molecule has 2 nitrogen and oxygen atoms in total. The summed E-state index contributed by atoms with van der Waals surface area (Å²) in [4.78, 5) is 0. The molecule has 56 valence electrons. The third-order valence-corrected chi connectivity index (χ3v) is 1.68. The van der Waals surface area contributed by atoms with Crippen LogP contribution in [0.2, 0.25) is 0 Å². The first-order valence-corrected chi connectivity index (χ1v) is 3.22. The maximum Gasteiger partial charge on any atom is 0.0874 e. The van der Waals surface area contributed by atoms with Crippen LogP contribution < -0.4 is 0 Å². The zero-order chi connectivity index (χ0) is 7.49. The monoisotopic (exact) mass is 132 g/mol. The van der Waals surface area contributed by atoms with Crippen molar-refractivity contribution in [2.75, 3.05) is 13.7 Å². The van der Waals surface area contributed by atoms with E-state index < -0.39 is 5.60 Å². The zero-order valence-corrected chi connectivity index (χ0v) is 6.64. The van der Waals surface area contributed by atoms with E-state index in [0.717, 1.165) is 0 Å². The highest BCUT2D eigenvalue weighted by Crippen LogP contribution is 2.15. The predicted molar refractivity (Wildman–Crippen MR) is 37.3 cm³/mol. The lowest BCUT2D eigenvalue weighted by molar-refractivity contribution is -0.0495. The number of methoxy groups -OCH3 is 1. The molecule has 1 atom stereocenters. The van der Waals surface area contributed by atoms with E-state index in [1.807, 2.05) is 13.8 Å². The molecule has 0 amide bonds. The summed E-state index contributed by atoms with van der Waals surface area (Å²) in [5.41, 5.74) is -0.672. The molecule has 9 heavy (non-hydrogen) atoms. The average Bonchev–Trinajstić information content (AvgIpc) is 1.65. The van der Waals surface area contributed by atoms with Crippen LogP contribution in [0, 0.1) is 5.92 Å². The van der Waals surface area contributed by atoms with E-state index in [4.69, 9.17) is 4.74 Å². The van der Waals surface area contributed by atoms with Gasteiger partial charge in [-0.2, -0.15) is 0 Å². The van der Waals surface area contributed by atoms with Crippen molar-refractivity contribution < 1.29 is 9.84 Å². The molecule has 0 aromatic rings. The zero-order valence-electron chi connectivity index (χ0n) is 6.64. The second-order valence-electron chi connectivity index (χ2n) is 2.94. The van der Waals surface area contributed by atoms with E-state index in [9.17, 15) is 5.11 Å². The van der Waals surface area contributed by atoms with Gasteiger partial charge in [0.15, 0.2) is 0 Å². The molecule has 0 aliphatic heterocycles. The van der Waals surface area contributed by atoms with Crippen LogP contribution in [-0.4, -0.2) is 24.4 Å². The normalized spacial score (nSPS) is 18.0. The van der Waals surface area contributed by atoms with E-state index in [1.54, 1.807) is 14.0 Å². The smallest absolute Gasteiger partial charge is 0.0874 e. The molecule has 0 heterocycles. The van der Waals surface area contributed by atoms with Gasteiger partial charge in [-0.3, -0.25) is 0 Å². The van der Waals surface area contributed by atoms with Gasteiger partial charge in [-0.1, -0.05) is 13.8 Å². The van der Waals surface area contributed by atoms with Gasteiger partial charge < -0.3 is 9.84 Å². The van der Waals surface area contributed by atoms with Gasteiger partial charge in [-0.05, 0) is 12.8 Å². The highest BCUT2D eigenvalue weighted by molar-refractivity contribution is 4.74. The lowest BCUT2D eigenvalue weighted by Gasteiger charge is -2.26. The summed E-state index contributed by atoms with van der Waals surface area (Å²) in [5, 5.41) is 9.47. The van der Waals surface area contributed by atoms with Crippen molar-refractivity contribution in [3.05, 3.63) is 0 Å². The molecule has 0 aliphatic rings. The van der Waals surface area contributed by atoms with Crippen molar-refractivity contribution in [1.29, 1.82) is 0 Å². The first-order chi connectivity index (χ1) is 4.00. The number of hydrogen-bond acceptors (Lipinski definition) is 2. The summed E-state index contributed by atoms with van der Waals surface area (Å²) < 4.78 is 4.82. The van der Waals surface area contributed by atoms with Crippen LogP contribution >= 0.6 is 0 Å². The fourth-order valence-electron chi connectivity index (χ4n) is 0.459. The third kappa shape index (κ3) is 2.82. The van der Waals surface area contributed by atoms with Gasteiger partial charge >= 0.3 is 0 Å². The van der Waals surface area contributed by atoms with E-state index in [1.165, 1.54) is 0 Å². The first kappa shape index (κ1) is 8.92. The Morgan fingerprint density at radius 3 is 2.11 bits per heavy atom. The molecule has 0 rings (SSSR count). The van der Waals surface area contributed by atoms with Crippen LogP contribution in [0.25, 0.3) is 0 Å². The van der Waals surface area contributed by atoms with Crippen molar-refractivity contribution in [3.63, 3.8) is 0 Å². The Balaban J connectivity index is 3.70. The largest absolute Gasteiger partial charge is 0.388 e. The van der Waals surface area contributed by atoms with Gasteiger partial charge in [0.2, 0.25) is 0 Å². The van der Waals surface area contributed by atoms with Crippen LogP contribution in [0.1, 0.15) is 20.8 Å². The summed E-state index contributed by atoms with van der Waals surface area (Å²) in [6.45, 7) is 6.13. The molecule has 1 N–H and O–H groups in total. The highest BCUT2D eigenvalue weighted by atomic mass is 16.5. The van der Waals surface area contributed by atoms with Gasteiger partial charge in [0.25, 0.3) is 0 Å². The second-order valence-corrected chi connectivity index (χ2v) is 2.94. The quantitative estimate of drug-likeness (QED) is 0.621. The van der Waals surface area contributed by atoms with Crippen LogP contribution in [0.3, 0.4) is 0 Å². The molecular formula is C7H16O2. The molecule has 0 saturated carbocycles. The SMILES string of the molecule is COC[C@](C)(O)C(C)C. The summed E-state index contributed by atoms with van der Waals surface area (Å²) in [5.74, 6) is 0.248. The summed E-state index contributed by atoms with van der Waals surface area (Å²) >= 11 is 0. The topological polar surface area (TPSA) is 29.5 Å². The fourth-order valence-corrected chi connectivity index (χ4v) is 0.459. The summed E-state index contributed by atoms with van der Waals surface area (Å²) in [6.07, 6.45) is 0. The Bertz CT molecular complexity index is 77.0. The standard InChI is InChI=1S/C7H16O2/c1-6(2)7(3,8)5-9-4/h6,8H,5H2,1-4H3/t7-/m0/s1. The maximum absolute atomic E-state index is 9.47. The second kappa shape index (κ2) is 3.18. The number of rotatable bonds is 3. The highest BCUT2D eigenvalue weighted by Gasteiger charge is 2.23. The number of hydrogen-bond donors (Lipinski definition) is 1. The molecule has 0 aromatic heterocycles. The predicted octanol–water partition coefficient (Wildman–Crippen LogP) is 1.04. The van der Waals surface area contributed by atoms with Gasteiger partial charge in [-0.25, -0.2) is 0 Å². The van der Waals surface area contributed by atoms with E-state index in [2.05, 4.69) is 0 Å². The molecule has 0 unspecified atom stereocenters. The van der Waals surface area contributed by atoms with Crippen LogP contribution in [0.4, 0.5) is 0 Å². The average molecular weight is 132 g/mol. The Hall–Kier alpha value is -0.0800. The molecule has 0 radical (unpaired) electrons. The Morgan fingerprint density at radius 2 is 2.00 bits per heavy atom. The maximum atomic E-state index is 9.47. The Kier molecular flexibility index (Phi) is 3.15. The van der Waals surface area contributed by atoms with Crippen LogP contribution in [-0.2, 0) is 4.74 Å². The van der Waals surface area contributed by atoms with Gasteiger partial charge in [0.1, 0.15) is 0 Å². The molecule has 0 aromatic carbocycles. The molecular weight excluding hydrogens is 116 g/mol. The van der Waals surface area contributed by atoms with Crippen molar-refractivity contribution in [2.24, 2.45) is 5.92 Å². The minimum Gasteiger partial charge on any atom is -0.388 e. The molecule has 0 aliphatic carbocycles. The van der Waals surface area contributed by atoms with Crippen LogP contribution in [0.5, 0.6) is 0 Å². The van der Waals surface area contributed by atoms with Gasteiger partial charge in [-0.15, -0.1) is 0 Å². The van der Waals surface area contributed by atoms with Crippen molar-refractivity contribution >= 4 is 0 Å². The molecule has 0 bridgehead atoms. The lowest BCUT2D eigenvalue weighted by Crippen LogP contribution is -2.35. The number of ether oxygens (including phenoxy) is 1. The molecule has 0 spiro atoms. The summed E-state index contributed by atoms with van der Waals surface area (Å²) in [7, 11) is 1.59. The number of aliphatic hydroxyl groups is 1. The van der Waals surface area contributed by atoms with Crippen molar-refractivity contribution in [2.45, 2.75) is 26.4 Å². The van der Waals surface area contributed by atoms with Crippen molar-refractivity contribution in [1.82, 2.24) is 0 Å². The minimum atomic E-state index is -0.672. The summed E-state index contributed by atoms with van der Waals surface area (Å²) in [6, 6.07) is 0. The van der Waals surface area contributed by atoms with Crippen molar-refractivity contribution in [3.8, 4) is 0 Å². The Morgan fingerprint density at radius 1 is 1.56 bits per heavy atom. The van der Waals surface area contributed by atoms with E-state index in [-0.39, 0.29) is 5.92 Å². The van der Waals surface area contributed by atoms with Gasteiger partial charge in [0.05, 0.1) is 12.2 Å². The third-order valence-electron chi connectivity index (χ3n) is 1.68. The molecule has 0 saturated heterocycles. The fraction of sp³-hybridized carbons (Fsp3) is 1.00. The van der Waals surface area contributed by atoms with E-state index >= 15 is 0 Å². The van der Waals surface area contributed by atoms with Gasteiger partial charge in [0, 0.05) is 7.11 Å². The molecule has 2 heteroatoms. The van der Waals surface area contributed by atoms with Crippen LogP contribution in [0.15, 0.2) is 0 Å². The first-order valence-electron chi connectivity index (χ1n) is 3.22. The Labute approximate surface area is 56.8 Å². The van der Waals surface area contributed by atoms with E-state index in [0.29, 0.717) is 6.61 Å². The molecule has 0 fully saturated rings. The lowest BCUT2D eigenvalue weighted by atomic mass is 9.94.